The van der Waals surface area contributed by atoms with Crippen LogP contribution in [0.1, 0.15) is 25.5 Å². The summed E-state index contributed by atoms with van der Waals surface area (Å²) in [5.74, 6) is 1.21. The van der Waals surface area contributed by atoms with Crippen molar-refractivity contribution in [1.82, 2.24) is 10.6 Å². The third-order valence-electron chi connectivity index (χ3n) is 3.33. The van der Waals surface area contributed by atoms with Crippen molar-refractivity contribution in [3.63, 3.8) is 0 Å². The van der Waals surface area contributed by atoms with Crippen LogP contribution in [0.15, 0.2) is 22.8 Å². The molecule has 0 saturated heterocycles. The highest BCUT2D eigenvalue weighted by molar-refractivity contribution is 5.81. The van der Waals surface area contributed by atoms with E-state index < -0.39 is 0 Å². The fourth-order valence-corrected chi connectivity index (χ4v) is 2.04. The monoisotopic (exact) mass is 252 g/mol. The van der Waals surface area contributed by atoms with Gasteiger partial charge in [-0.15, -0.1) is 0 Å². The lowest BCUT2D eigenvalue weighted by Gasteiger charge is -2.32. The number of rotatable bonds is 6. The lowest BCUT2D eigenvalue weighted by atomic mass is 9.82. The first-order chi connectivity index (χ1) is 8.65. The van der Waals surface area contributed by atoms with Gasteiger partial charge in [-0.2, -0.15) is 0 Å². The summed E-state index contributed by atoms with van der Waals surface area (Å²) in [7, 11) is 0. The number of carbonyl (C=O) groups is 1. The van der Waals surface area contributed by atoms with Crippen LogP contribution in [0.5, 0.6) is 0 Å². The number of aliphatic hydroxyl groups is 1. The number of aliphatic hydroxyl groups excluding tert-OH is 1. The molecule has 2 rings (SSSR count). The summed E-state index contributed by atoms with van der Waals surface area (Å²) in [6.45, 7) is 3.04. The van der Waals surface area contributed by atoms with E-state index in [1.165, 1.54) is 0 Å². The average molecular weight is 252 g/mol. The summed E-state index contributed by atoms with van der Waals surface area (Å²) in [6.07, 6.45) is 3.13. The highest BCUT2D eigenvalue weighted by atomic mass is 16.3. The van der Waals surface area contributed by atoms with Gasteiger partial charge in [0, 0.05) is 0 Å². The van der Waals surface area contributed by atoms with Gasteiger partial charge in [-0.25, -0.2) is 0 Å². The molecule has 1 aliphatic carbocycles. The molecule has 1 aromatic rings. The first kappa shape index (κ1) is 13.1. The molecule has 1 aliphatic rings. The Hall–Kier alpha value is -1.33. The van der Waals surface area contributed by atoms with Gasteiger partial charge in [0.15, 0.2) is 0 Å². The maximum atomic E-state index is 11.8. The van der Waals surface area contributed by atoms with E-state index in [9.17, 15) is 4.79 Å². The smallest absolute Gasteiger partial charge is 0.237 e. The van der Waals surface area contributed by atoms with E-state index in [0.29, 0.717) is 12.5 Å². The lowest BCUT2D eigenvalue weighted by molar-refractivity contribution is -0.123. The van der Waals surface area contributed by atoms with Gasteiger partial charge < -0.3 is 20.2 Å². The molecule has 0 radical (unpaired) electrons. The van der Waals surface area contributed by atoms with Crippen molar-refractivity contribution in [3.05, 3.63) is 24.2 Å². The van der Waals surface area contributed by atoms with E-state index >= 15 is 0 Å². The highest BCUT2D eigenvalue weighted by Gasteiger charge is 2.27. The van der Waals surface area contributed by atoms with E-state index in [4.69, 9.17) is 9.52 Å². The molecule has 5 heteroatoms. The Kier molecular flexibility index (Phi) is 4.38. The van der Waals surface area contributed by atoms with Gasteiger partial charge in [-0.05, 0) is 44.4 Å². The average Bonchev–Trinajstić information content (AvgIpc) is 2.82. The summed E-state index contributed by atoms with van der Waals surface area (Å²) in [5.41, 5.74) is 0. The van der Waals surface area contributed by atoms with Crippen LogP contribution in [0.25, 0.3) is 0 Å². The summed E-state index contributed by atoms with van der Waals surface area (Å²) >= 11 is 0. The van der Waals surface area contributed by atoms with Crippen LogP contribution in [-0.4, -0.2) is 29.7 Å². The summed E-state index contributed by atoms with van der Waals surface area (Å²) in [5, 5.41) is 15.2. The molecule has 1 fully saturated rings. The van der Waals surface area contributed by atoms with Crippen molar-refractivity contribution < 1.29 is 14.3 Å². The largest absolute Gasteiger partial charge is 0.467 e. The molecule has 18 heavy (non-hydrogen) atoms. The fourth-order valence-electron chi connectivity index (χ4n) is 2.04. The van der Waals surface area contributed by atoms with Gasteiger partial charge in [0.05, 0.1) is 25.0 Å². The van der Waals surface area contributed by atoms with Gasteiger partial charge in [-0.1, -0.05) is 0 Å². The van der Waals surface area contributed by atoms with Crippen molar-refractivity contribution >= 4 is 5.91 Å². The van der Waals surface area contributed by atoms with Crippen LogP contribution in [0.2, 0.25) is 0 Å². The molecular weight excluding hydrogens is 232 g/mol. The maximum Gasteiger partial charge on any atom is 0.237 e. The molecule has 1 amide bonds. The van der Waals surface area contributed by atoms with Gasteiger partial charge in [0.1, 0.15) is 5.76 Å². The Balaban J connectivity index is 1.62. The third-order valence-corrected chi connectivity index (χ3v) is 3.33. The van der Waals surface area contributed by atoms with E-state index in [1.54, 1.807) is 12.3 Å². The van der Waals surface area contributed by atoms with Gasteiger partial charge >= 0.3 is 0 Å². The molecule has 100 valence electrons. The molecule has 1 aromatic heterocycles. The summed E-state index contributed by atoms with van der Waals surface area (Å²) in [4.78, 5) is 11.8. The zero-order valence-corrected chi connectivity index (χ0v) is 10.6. The molecule has 3 N–H and O–H groups in total. The molecule has 0 aliphatic heterocycles. The molecule has 5 nitrogen and oxygen atoms in total. The van der Waals surface area contributed by atoms with Crippen LogP contribution in [0, 0.1) is 5.92 Å². The SMILES string of the molecule is CC(NCC1CC(O)C1)C(=O)NCc1ccco1. The number of carbonyl (C=O) groups excluding carboxylic acids is 1. The van der Waals surface area contributed by atoms with E-state index in [-0.39, 0.29) is 18.1 Å². The van der Waals surface area contributed by atoms with Crippen LogP contribution < -0.4 is 10.6 Å². The molecule has 1 unspecified atom stereocenters. The maximum absolute atomic E-state index is 11.8. The minimum absolute atomic E-state index is 0.0359. The third kappa shape index (κ3) is 3.58. The molecule has 1 saturated carbocycles. The predicted octanol–water partition coefficient (Wildman–Crippen LogP) is 0.645. The van der Waals surface area contributed by atoms with Crippen molar-refractivity contribution in [1.29, 1.82) is 0 Å². The van der Waals surface area contributed by atoms with Crippen LogP contribution in [-0.2, 0) is 11.3 Å². The summed E-state index contributed by atoms with van der Waals surface area (Å²) < 4.78 is 5.14. The fraction of sp³-hybridized carbons (Fsp3) is 0.615. The summed E-state index contributed by atoms with van der Waals surface area (Å²) in [6, 6.07) is 3.40. The molecule has 0 spiro atoms. The van der Waals surface area contributed by atoms with Gasteiger partial charge in [0.2, 0.25) is 5.91 Å². The zero-order chi connectivity index (χ0) is 13.0. The topological polar surface area (TPSA) is 74.5 Å². The molecule has 0 aromatic carbocycles. The van der Waals surface area contributed by atoms with Crippen LogP contribution in [0.3, 0.4) is 0 Å². The van der Waals surface area contributed by atoms with E-state index in [1.807, 2.05) is 13.0 Å². The van der Waals surface area contributed by atoms with Gasteiger partial charge in [0.25, 0.3) is 0 Å². The van der Waals surface area contributed by atoms with Crippen LogP contribution >= 0.6 is 0 Å². The number of amides is 1. The van der Waals surface area contributed by atoms with Crippen molar-refractivity contribution in [3.8, 4) is 0 Å². The Bertz CT molecular complexity index is 372. The van der Waals surface area contributed by atoms with E-state index in [0.717, 1.165) is 25.1 Å². The number of nitrogens with one attached hydrogen (secondary N) is 2. The van der Waals surface area contributed by atoms with Gasteiger partial charge in [-0.3, -0.25) is 4.79 Å². The highest BCUT2D eigenvalue weighted by Crippen LogP contribution is 2.26. The Labute approximate surface area is 107 Å². The second-order valence-corrected chi connectivity index (χ2v) is 4.92. The number of hydrogen-bond acceptors (Lipinski definition) is 4. The van der Waals surface area contributed by atoms with E-state index in [2.05, 4.69) is 10.6 Å². The standard InChI is InChI=1S/C13H20N2O3/c1-9(14-7-10-5-11(16)6-10)13(17)15-8-12-3-2-4-18-12/h2-4,9-11,14,16H,5-8H2,1H3,(H,15,17). The Morgan fingerprint density at radius 2 is 2.39 bits per heavy atom. The van der Waals surface area contributed by atoms with Crippen molar-refractivity contribution in [2.24, 2.45) is 5.92 Å². The van der Waals surface area contributed by atoms with Crippen molar-refractivity contribution in [2.45, 2.75) is 38.5 Å². The molecular formula is C13H20N2O3. The molecule has 0 bridgehead atoms. The molecule has 1 heterocycles. The predicted molar refractivity (Wildman–Crippen MR) is 66.8 cm³/mol. The quantitative estimate of drug-likeness (QED) is 0.695. The minimum Gasteiger partial charge on any atom is -0.467 e. The zero-order valence-electron chi connectivity index (χ0n) is 10.6. The molecule has 1 atom stereocenters. The van der Waals surface area contributed by atoms with Crippen molar-refractivity contribution in [2.75, 3.05) is 6.54 Å². The first-order valence-corrected chi connectivity index (χ1v) is 6.36. The lowest BCUT2D eigenvalue weighted by Crippen LogP contribution is -2.46. The Morgan fingerprint density at radius 1 is 1.61 bits per heavy atom. The number of furan rings is 1. The minimum atomic E-state index is -0.224. The normalized spacial score (nSPS) is 24.3. The van der Waals surface area contributed by atoms with Crippen LogP contribution in [0.4, 0.5) is 0 Å². The second kappa shape index (κ2) is 6.02. The Morgan fingerprint density at radius 3 is 3.00 bits per heavy atom. The first-order valence-electron chi connectivity index (χ1n) is 6.36. The second-order valence-electron chi connectivity index (χ2n) is 4.92. The number of hydrogen-bond donors (Lipinski definition) is 3.